The van der Waals surface area contributed by atoms with E-state index in [1.165, 1.54) is 16.7 Å². The number of allylic oxidation sites excluding steroid dienone is 1. The van der Waals surface area contributed by atoms with Crippen molar-refractivity contribution in [2.45, 2.75) is 40.0 Å². The van der Waals surface area contributed by atoms with Gasteiger partial charge in [0.2, 0.25) is 0 Å². The van der Waals surface area contributed by atoms with Crippen LogP contribution in [-0.2, 0) is 12.8 Å². The van der Waals surface area contributed by atoms with Crippen LogP contribution in [0.2, 0.25) is 5.02 Å². The van der Waals surface area contributed by atoms with Crippen LogP contribution >= 0.6 is 22.9 Å². The zero-order valence-corrected chi connectivity index (χ0v) is 17.3. The standard InChI is InChI=1S/C15H16ClNS.C8H10/c1-4-10(2)15-17-14(9-18-15)8-12-7-13(16)6-5-11(12)3;1-2-8-6-4-3-5-7-8/h5-7,9H,2,4,8H2,1,3H3;3-7H,2H2,1H3. The van der Waals surface area contributed by atoms with Crippen LogP contribution in [0.4, 0.5) is 0 Å². The van der Waals surface area contributed by atoms with Crippen molar-refractivity contribution in [3.05, 3.63) is 92.9 Å². The molecule has 0 aliphatic carbocycles. The number of nitrogens with zero attached hydrogens (tertiary/aromatic N) is 1. The number of hydrogen-bond acceptors (Lipinski definition) is 2. The van der Waals surface area contributed by atoms with Crippen molar-refractivity contribution in [2.24, 2.45) is 0 Å². The number of benzene rings is 2. The number of hydrogen-bond donors (Lipinski definition) is 0. The smallest absolute Gasteiger partial charge is 0.118 e. The zero-order valence-electron chi connectivity index (χ0n) is 15.8. The van der Waals surface area contributed by atoms with Crippen LogP contribution in [0.15, 0.2) is 60.5 Å². The maximum Gasteiger partial charge on any atom is 0.118 e. The largest absolute Gasteiger partial charge is 0.241 e. The number of rotatable bonds is 5. The molecule has 26 heavy (non-hydrogen) atoms. The van der Waals surface area contributed by atoms with E-state index in [0.717, 1.165) is 40.6 Å². The van der Waals surface area contributed by atoms with Gasteiger partial charge >= 0.3 is 0 Å². The highest BCUT2D eigenvalue weighted by Crippen LogP contribution is 2.23. The van der Waals surface area contributed by atoms with Crippen molar-refractivity contribution in [2.75, 3.05) is 0 Å². The second-order valence-electron chi connectivity index (χ2n) is 6.19. The second-order valence-corrected chi connectivity index (χ2v) is 7.48. The molecule has 0 fully saturated rings. The van der Waals surface area contributed by atoms with Crippen LogP contribution in [0.3, 0.4) is 0 Å². The first-order chi connectivity index (χ1) is 12.5. The monoisotopic (exact) mass is 383 g/mol. The fourth-order valence-corrected chi connectivity index (χ4v) is 3.50. The molecule has 3 aromatic rings. The van der Waals surface area contributed by atoms with Gasteiger partial charge in [-0.3, -0.25) is 0 Å². The minimum atomic E-state index is 0.782. The molecule has 1 heterocycles. The summed E-state index contributed by atoms with van der Waals surface area (Å²) >= 11 is 7.70. The maximum absolute atomic E-state index is 6.03. The molecule has 0 unspecified atom stereocenters. The summed E-state index contributed by atoms with van der Waals surface area (Å²) in [4.78, 5) is 4.62. The van der Waals surface area contributed by atoms with Gasteiger partial charge in [0.15, 0.2) is 0 Å². The highest BCUT2D eigenvalue weighted by Gasteiger charge is 2.07. The van der Waals surface area contributed by atoms with Gasteiger partial charge in [-0.05, 0) is 54.2 Å². The number of aryl methyl sites for hydroxylation is 2. The Kier molecular flexibility index (Phi) is 8.08. The lowest BCUT2D eigenvalue weighted by Crippen LogP contribution is -1.92. The Bertz CT molecular complexity index is 836. The molecular formula is C23H26ClNS. The quantitative estimate of drug-likeness (QED) is 0.448. The molecule has 0 N–H and O–H groups in total. The van der Waals surface area contributed by atoms with Crippen LogP contribution in [0.25, 0.3) is 5.57 Å². The van der Waals surface area contributed by atoms with Gasteiger partial charge < -0.3 is 0 Å². The molecular weight excluding hydrogens is 358 g/mol. The number of aromatic nitrogens is 1. The summed E-state index contributed by atoms with van der Waals surface area (Å²) in [6.07, 6.45) is 2.92. The molecule has 1 aromatic heterocycles. The minimum Gasteiger partial charge on any atom is -0.241 e. The molecule has 0 saturated heterocycles. The Morgan fingerprint density at radius 3 is 2.46 bits per heavy atom. The fourth-order valence-electron chi connectivity index (χ4n) is 2.44. The van der Waals surface area contributed by atoms with E-state index in [9.17, 15) is 0 Å². The van der Waals surface area contributed by atoms with Gasteiger partial charge in [0.25, 0.3) is 0 Å². The number of thiazole rings is 1. The first kappa shape index (κ1) is 20.4. The molecule has 1 nitrogen and oxygen atoms in total. The van der Waals surface area contributed by atoms with E-state index in [-0.39, 0.29) is 0 Å². The minimum absolute atomic E-state index is 0.782. The molecule has 0 amide bonds. The highest BCUT2D eigenvalue weighted by molar-refractivity contribution is 7.10. The van der Waals surface area contributed by atoms with Gasteiger partial charge in [0.05, 0.1) is 5.69 Å². The Morgan fingerprint density at radius 1 is 1.12 bits per heavy atom. The van der Waals surface area contributed by atoms with Crippen molar-refractivity contribution in [3.8, 4) is 0 Å². The Hall–Kier alpha value is -1.90. The van der Waals surface area contributed by atoms with Crippen LogP contribution in [0, 0.1) is 6.92 Å². The molecule has 0 saturated carbocycles. The first-order valence-corrected chi connectivity index (χ1v) is 10.2. The zero-order chi connectivity index (χ0) is 18.9. The van der Waals surface area contributed by atoms with E-state index in [1.54, 1.807) is 11.3 Å². The topological polar surface area (TPSA) is 12.9 Å². The first-order valence-electron chi connectivity index (χ1n) is 8.95. The Labute approximate surface area is 166 Å². The maximum atomic E-state index is 6.03. The van der Waals surface area contributed by atoms with Crippen LogP contribution in [-0.4, -0.2) is 4.98 Å². The average Bonchev–Trinajstić information content (AvgIpc) is 3.14. The SMILES string of the molecule is C=C(CC)c1nc(Cc2cc(Cl)ccc2C)cs1.CCc1ccccc1. The van der Waals surface area contributed by atoms with E-state index in [2.05, 4.69) is 68.0 Å². The van der Waals surface area contributed by atoms with Crippen molar-refractivity contribution in [1.82, 2.24) is 4.98 Å². The molecule has 0 atom stereocenters. The van der Waals surface area contributed by atoms with Crippen molar-refractivity contribution >= 4 is 28.5 Å². The summed E-state index contributed by atoms with van der Waals surface area (Å²) in [5.41, 5.74) is 6.10. The number of halogens is 1. The van der Waals surface area contributed by atoms with Gasteiger partial charge in [-0.15, -0.1) is 11.3 Å². The molecule has 0 aliphatic heterocycles. The van der Waals surface area contributed by atoms with E-state index in [4.69, 9.17) is 11.6 Å². The lowest BCUT2D eigenvalue weighted by molar-refractivity contribution is 1.07. The molecule has 0 bridgehead atoms. The summed E-state index contributed by atoms with van der Waals surface area (Å²) in [6.45, 7) is 10.4. The molecule has 2 aromatic carbocycles. The normalized spacial score (nSPS) is 10.2. The summed E-state index contributed by atoms with van der Waals surface area (Å²) in [5.74, 6) is 0. The molecule has 0 spiro atoms. The summed E-state index contributed by atoms with van der Waals surface area (Å²) in [7, 11) is 0. The predicted octanol–water partition coefficient (Wildman–Crippen LogP) is 7.37. The summed E-state index contributed by atoms with van der Waals surface area (Å²) in [5, 5.41) is 3.94. The predicted molar refractivity (Wildman–Crippen MR) is 116 cm³/mol. The van der Waals surface area contributed by atoms with E-state index >= 15 is 0 Å². The summed E-state index contributed by atoms with van der Waals surface area (Å²) in [6, 6.07) is 16.4. The van der Waals surface area contributed by atoms with Crippen LogP contribution in [0.1, 0.15) is 47.7 Å². The van der Waals surface area contributed by atoms with Gasteiger partial charge in [-0.2, -0.15) is 0 Å². The van der Waals surface area contributed by atoms with Crippen molar-refractivity contribution in [3.63, 3.8) is 0 Å². The fraction of sp³-hybridized carbons (Fsp3) is 0.261. The third-order valence-electron chi connectivity index (χ3n) is 4.21. The van der Waals surface area contributed by atoms with Gasteiger partial charge in [-0.1, -0.05) is 68.4 Å². The molecule has 3 rings (SSSR count). The third kappa shape index (κ3) is 6.12. The second kappa shape index (κ2) is 10.3. The highest BCUT2D eigenvalue weighted by atomic mass is 35.5. The van der Waals surface area contributed by atoms with E-state index in [0.29, 0.717) is 0 Å². The molecule has 3 heteroatoms. The van der Waals surface area contributed by atoms with Gasteiger partial charge in [0.1, 0.15) is 5.01 Å². The van der Waals surface area contributed by atoms with Crippen molar-refractivity contribution in [1.29, 1.82) is 0 Å². The van der Waals surface area contributed by atoms with Crippen LogP contribution in [0.5, 0.6) is 0 Å². The van der Waals surface area contributed by atoms with Crippen LogP contribution < -0.4 is 0 Å². The van der Waals surface area contributed by atoms with E-state index in [1.807, 2.05) is 18.2 Å². The van der Waals surface area contributed by atoms with Gasteiger partial charge in [0, 0.05) is 16.8 Å². The van der Waals surface area contributed by atoms with Gasteiger partial charge in [-0.25, -0.2) is 4.98 Å². The lowest BCUT2D eigenvalue weighted by Gasteiger charge is -2.04. The molecule has 136 valence electrons. The lowest BCUT2D eigenvalue weighted by atomic mass is 10.0. The Balaban J connectivity index is 0.000000254. The van der Waals surface area contributed by atoms with E-state index < -0.39 is 0 Å². The third-order valence-corrected chi connectivity index (χ3v) is 5.44. The molecule has 0 radical (unpaired) electrons. The Morgan fingerprint density at radius 2 is 1.85 bits per heavy atom. The molecule has 0 aliphatic rings. The summed E-state index contributed by atoms with van der Waals surface area (Å²) < 4.78 is 0. The van der Waals surface area contributed by atoms with Crippen molar-refractivity contribution < 1.29 is 0 Å². The average molecular weight is 384 g/mol.